The molecular weight excluding hydrogens is 278 g/mol. The van der Waals surface area contributed by atoms with E-state index in [1.807, 2.05) is 6.07 Å². The molecule has 1 heterocycles. The van der Waals surface area contributed by atoms with Gasteiger partial charge in [-0.15, -0.1) is 0 Å². The van der Waals surface area contributed by atoms with Gasteiger partial charge in [-0.05, 0) is 51.1 Å². The molecule has 0 bridgehead atoms. The van der Waals surface area contributed by atoms with Gasteiger partial charge >= 0.3 is 0 Å². The Morgan fingerprint density at radius 2 is 2.00 bits per heavy atom. The Kier molecular flexibility index (Phi) is 5.12. The maximum atomic E-state index is 11.7. The summed E-state index contributed by atoms with van der Waals surface area (Å²) in [4.78, 5) is 14.1. The first-order valence-electron chi connectivity index (χ1n) is 7.90. The maximum Gasteiger partial charge on any atom is 0.161 e. The highest BCUT2D eigenvalue weighted by molar-refractivity contribution is 5.76. The Labute approximate surface area is 133 Å². The van der Waals surface area contributed by atoms with Crippen LogP contribution in [0.1, 0.15) is 38.7 Å². The van der Waals surface area contributed by atoms with E-state index in [0.29, 0.717) is 6.42 Å². The molecule has 22 heavy (non-hydrogen) atoms. The van der Waals surface area contributed by atoms with E-state index in [9.17, 15) is 4.79 Å². The monoisotopic (exact) mass is 305 g/mol. The van der Waals surface area contributed by atoms with E-state index in [-0.39, 0.29) is 17.2 Å². The Bertz CT molecular complexity index is 543. The molecule has 1 saturated heterocycles. The van der Waals surface area contributed by atoms with Crippen LogP contribution < -0.4 is 9.47 Å². The van der Waals surface area contributed by atoms with E-state index in [1.54, 1.807) is 21.1 Å². The first-order chi connectivity index (χ1) is 10.5. The zero-order valence-corrected chi connectivity index (χ0v) is 14.3. The molecule has 0 amide bonds. The van der Waals surface area contributed by atoms with Crippen molar-refractivity contribution in [3.05, 3.63) is 23.8 Å². The van der Waals surface area contributed by atoms with Crippen LogP contribution in [-0.4, -0.2) is 44.5 Å². The van der Waals surface area contributed by atoms with Crippen LogP contribution in [0.25, 0.3) is 0 Å². The van der Waals surface area contributed by atoms with Gasteiger partial charge in [0.1, 0.15) is 5.78 Å². The standard InChI is InChI=1S/C18H27NO3/c1-6-18(9-10-19(3)17(18)11-13(2)20)14-7-8-15(21-4)16(12-14)22-5/h7-8,12,17H,6,9-11H2,1-5H3/t17?,18-/m0/s1. The SMILES string of the molecule is CC[C@@]1(c2ccc(OC)c(OC)c2)CCN(C)C1CC(C)=O. The second kappa shape index (κ2) is 6.69. The average Bonchev–Trinajstić information content (AvgIpc) is 2.83. The summed E-state index contributed by atoms with van der Waals surface area (Å²) in [6.07, 6.45) is 2.66. The molecular formula is C18H27NO3. The topological polar surface area (TPSA) is 38.8 Å². The number of hydrogen-bond donors (Lipinski definition) is 0. The average molecular weight is 305 g/mol. The van der Waals surface area contributed by atoms with Gasteiger partial charge in [0.15, 0.2) is 11.5 Å². The lowest BCUT2D eigenvalue weighted by Gasteiger charge is -2.37. The van der Waals surface area contributed by atoms with Gasteiger partial charge in [-0.2, -0.15) is 0 Å². The molecule has 122 valence electrons. The fourth-order valence-electron chi connectivity index (χ4n) is 3.84. The Morgan fingerprint density at radius 3 is 2.55 bits per heavy atom. The zero-order valence-electron chi connectivity index (χ0n) is 14.3. The van der Waals surface area contributed by atoms with Gasteiger partial charge in [0.05, 0.1) is 14.2 Å². The summed E-state index contributed by atoms with van der Waals surface area (Å²) in [5, 5.41) is 0. The molecule has 1 fully saturated rings. The third-order valence-electron chi connectivity index (χ3n) is 5.15. The van der Waals surface area contributed by atoms with Crippen LogP contribution in [-0.2, 0) is 10.2 Å². The van der Waals surface area contributed by atoms with E-state index >= 15 is 0 Å². The minimum atomic E-state index is -0.0000283. The summed E-state index contributed by atoms with van der Waals surface area (Å²) in [7, 11) is 5.43. The lowest BCUT2D eigenvalue weighted by molar-refractivity contribution is -0.118. The van der Waals surface area contributed by atoms with Crippen molar-refractivity contribution in [2.45, 2.75) is 44.6 Å². The van der Waals surface area contributed by atoms with Crippen LogP contribution in [0.2, 0.25) is 0 Å². The fourth-order valence-corrected chi connectivity index (χ4v) is 3.84. The van der Waals surface area contributed by atoms with Crippen molar-refractivity contribution in [2.75, 3.05) is 27.8 Å². The van der Waals surface area contributed by atoms with Crippen molar-refractivity contribution < 1.29 is 14.3 Å². The predicted molar refractivity (Wildman–Crippen MR) is 87.8 cm³/mol. The zero-order chi connectivity index (χ0) is 16.3. The van der Waals surface area contributed by atoms with Gasteiger partial charge < -0.3 is 14.4 Å². The molecule has 1 aliphatic rings. The molecule has 1 unspecified atom stereocenters. The van der Waals surface area contributed by atoms with Crippen LogP contribution in [0.5, 0.6) is 11.5 Å². The molecule has 1 aliphatic heterocycles. The minimum absolute atomic E-state index is 0.0000283. The smallest absolute Gasteiger partial charge is 0.161 e. The molecule has 0 aliphatic carbocycles. The van der Waals surface area contributed by atoms with Crippen molar-refractivity contribution >= 4 is 5.78 Å². The summed E-state index contributed by atoms with van der Waals surface area (Å²) >= 11 is 0. The number of hydrogen-bond acceptors (Lipinski definition) is 4. The Morgan fingerprint density at radius 1 is 1.32 bits per heavy atom. The molecule has 0 radical (unpaired) electrons. The number of methoxy groups -OCH3 is 2. The number of ketones is 1. The summed E-state index contributed by atoms with van der Waals surface area (Å²) < 4.78 is 10.8. The highest BCUT2D eigenvalue weighted by Crippen LogP contribution is 2.45. The van der Waals surface area contributed by atoms with E-state index in [2.05, 4.69) is 31.0 Å². The number of ether oxygens (including phenoxy) is 2. The van der Waals surface area contributed by atoms with E-state index in [1.165, 1.54) is 5.56 Å². The second-order valence-corrected chi connectivity index (χ2v) is 6.23. The maximum absolute atomic E-state index is 11.7. The molecule has 4 heteroatoms. The molecule has 1 aromatic rings. The highest BCUT2D eigenvalue weighted by atomic mass is 16.5. The molecule has 0 aromatic heterocycles. The van der Waals surface area contributed by atoms with E-state index < -0.39 is 0 Å². The van der Waals surface area contributed by atoms with Crippen molar-refractivity contribution in [3.63, 3.8) is 0 Å². The second-order valence-electron chi connectivity index (χ2n) is 6.23. The van der Waals surface area contributed by atoms with Crippen LogP contribution >= 0.6 is 0 Å². The lowest BCUT2D eigenvalue weighted by Crippen LogP contribution is -2.42. The van der Waals surface area contributed by atoms with Gasteiger partial charge in [0, 0.05) is 17.9 Å². The molecule has 2 atom stereocenters. The fraction of sp³-hybridized carbons (Fsp3) is 0.611. The van der Waals surface area contributed by atoms with E-state index in [0.717, 1.165) is 30.9 Å². The lowest BCUT2D eigenvalue weighted by atomic mass is 9.70. The Hall–Kier alpha value is -1.55. The van der Waals surface area contributed by atoms with Crippen LogP contribution in [0.3, 0.4) is 0 Å². The third-order valence-corrected chi connectivity index (χ3v) is 5.15. The summed E-state index contributed by atoms with van der Waals surface area (Å²) in [5.41, 5.74) is 1.24. The first-order valence-corrected chi connectivity index (χ1v) is 7.90. The number of Topliss-reactive ketones (excluding diaryl/α,β-unsaturated/α-hetero) is 1. The number of carbonyl (C=O) groups excluding carboxylic acids is 1. The summed E-state index contributed by atoms with van der Waals surface area (Å²) in [6, 6.07) is 6.41. The number of rotatable bonds is 6. The molecule has 0 saturated carbocycles. The van der Waals surface area contributed by atoms with Crippen molar-refractivity contribution in [3.8, 4) is 11.5 Å². The molecule has 2 rings (SSSR count). The Balaban J connectivity index is 2.47. The number of benzene rings is 1. The van der Waals surface area contributed by atoms with Gasteiger partial charge in [-0.25, -0.2) is 0 Å². The molecule has 0 N–H and O–H groups in total. The number of nitrogens with zero attached hydrogens (tertiary/aromatic N) is 1. The highest BCUT2D eigenvalue weighted by Gasteiger charge is 2.46. The van der Waals surface area contributed by atoms with Gasteiger partial charge in [0.2, 0.25) is 0 Å². The quantitative estimate of drug-likeness (QED) is 0.810. The number of carbonyl (C=O) groups is 1. The van der Waals surface area contributed by atoms with Gasteiger partial charge in [0.25, 0.3) is 0 Å². The van der Waals surface area contributed by atoms with Crippen molar-refractivity contribution in [1.29, 1.82) is 0 Å². The normalized spacial score (nSPS) is 25.2. The van der Waals surface area contributed by atoms with Crippen LogP contribution in [0, 0.1) is 0 Å². The van der Waals surface area contributed by atoms with E-state index in [4.69, 9.17) is 9.47 Å². The van der Waals surface area contributed by atoms with Gasteiger partial charge in [-0.1, -0.05) is 13.0 Å². The largest absolute Gasteiger partial charge is 0.493 e. The van der Waals surface area contributed by atoms with Crippen molar-refractivity contribution in [2.24, 2.45) is 0 Å². The minimum Gasteiger partial charge on any atom is -0.493 e. The van der Waals surface area contributed by atoms with Gasteiger partial charge in [-0.3, -0.25) is 4.79 Å². The van der Waals surface area contributed by atoms with Crippen LogP contribution in [0.4, 0.5) is 0 Å². The van der Waals surface area contributed by atoms with Crippen LogP contribution in [0.15, 0.2) is 18.2 Å². The molecule has 1 aromatic carbocycles. The molecule has 0 spiro atoms. The number of likely N-dealkylation sites (N-methyl/N-ethyl adjacent to an activating group) is 1. The van der Waals surface area contributed by atoms with Crippen molar-refractivity contribution in [1.82, 2.24) is 4.90 Å². The third kappa shape index (κ3) is 2.84. The predicted octanol–water partition coefficient (Wildman–Crippen LogP) is 3.03. The summed E-state index contributed by atoms with van der Waals surface area (Å²) in [6.45, 7) is 4.91. The molecule has 4 nitrogen and oxygen atoms in total. The first kappa shape index (κ1) is 16.8. The summed E-state index contributed by atoms with van der Waals surface area (Å²) in [5.74, 6) is 1.74. The number of likely N-dealkylation sites (tertiary alicyclic amines) is 1.